The minimum atomic E-state index is -0.736. The first-order valence-electron chi connectivity index (χ1n) is 12.0. The molecule has 0 saturated heterocycles. The molecule has 33 heavy (non-hydrogen) atoms. The van der Waals surface area contributed by atoms with E-state index in [4.69, 9.17) is 9.97 Å². The van der Waals surface area contributed by atoms with Crippen molar-refractivity contribution >= 4 is 29.3 Å². The summed E-state index contributed by atoms with van der Waals surface area (Å²) in [4.78, 5) is 39.5. The quantitative estimate of drug-likeness (QED) is 0.613. The Hall–Kier alpha value is -2.96. The molecule has 1 aliphatic rings. The maximum absolute atomic E-state index is 13.5. The third kappa shape index (κ3) is 4.45. The van der Waals surface area contributed by atoms with E-state index >= 15 is 0 Å². The summed E-state index contributed by atoms with van der Waals surface area (Å²) in [6.45, 7) is 16.9. The Bertz CT molecular complexity index is 1040. The SMILES string of the molecule is CCC(=O)N[C@H]1C(=O)N(C(CC)CC)c2nc(N(CC)c3c(C)cc(C)cc3C)nc(C)c21. The lowest BCUT2D eigenvalue weighted by molar-refractivity contribution is -0.127. The van der Waals surface area contributed by atoms with Crippen LogP contribution in [-0.4, -0.2) is 34.4 Å². The largest absolute Gasteiger partial charge is 0.340 e. The molecular formula is C26H37N5O2. The summed E-state index contributed by atoms with van der Waals surface area (Å²) in [7, 11) is 0. The van der Waals surface area contributed by atoms with Gasteiger partial charge in [0.1, 0.15) is 11.9 Å². The highest BCUT2D eigenvalue weighted by molar-refractivity contribution is 6.06. The van der Waals surface area contributed by atoms with E-state index in [1.54, 1.807) is 11.8 Å². The van der Waals surface area contributed by atoms with Gasteiger partial charge in [0.15, 0.2) is 0 Å². The molecule has 7 heteroatoms. The number of hydrogen-bond acceptors (Lipinski definition) is 5. The van der Waals surface area contributed by atoms with E-state index < -0.39 is 6.04 Å². The van der Waals surface area contributed by atoms with Gasteiger partial charge in [-0.15, -0.1) is 0 Å². The maximum atomic E-state index is 13.5. The van der Waals surface area contributed by atoms with E-state index in [1.165, 1.54) is 5.56 Å². The highest BCUT2D eigenvalue weighted by atomic mass is 16.2. The third-order valence-corrected chi connectivity index (χ3v) is 6.50. The van der Waals surface area contributed by atoms with Crippen molar-refractivity contribution in [1.29, 1.82) is 0 Å². The Balaban J connectivity index is 2.20. The lowest BCUT2D eigenvalue weighted by Gasteiger charge is -2.29. The molecule has 1 aromatic heterocycles. The number of nitrogens with zero attached hydrogens (tertiary/aromatic N) is 4. The van der Waals surface area contributed by atoms with Crippen LogP contribution < -0.4 is 15.1 Å². The molecule has 1 atom stereocenters. The van der Waals surface area contributed by atoms with Gasteiger partial charge in [-0.1, -0.05) is 38.5 Å². The van der Waals surface area contributed by atoms with Crippen molar-refractivity contribution < 1.29 is 9.59 Å². The van der Waals surface area contributed by atoms with Crippen molar-refractivity contribution in [3.8, 4) is 0 Å². The zero-order valence-corrected chi connectivity index (χ0v) is 21.2. The summed E-state index contributed by atoms with van der Waals surface area (Å²) in [5.74, 6) is 0.921. The van der Waals surface area contributed by atoms with Crippen molar-refractivity contribution in [3.63, 3.8) is 0 Å². The van der Waals surface area contributed by atoms with Crippen LogP contribution in [-0.2, 0) is 9.59 Å². The maximum Gasteiger partial charge on any atom is 0.255 e. The van der Waals surface area contributed by atoms with Crippen LogP contribution in [0, 0.1) is 27.7 Å². The zero-order valence-electron chi connectivity index (χ0n) is 21.2. The number of anilines is 3. The molecule has 1 aliphatic heterocycles. The fraction of sp³-hybridized carbons (Fsp3) is 0.538. The van der Waals surface area contributed by atoms with E-state index in [2.05, 4.69) is 63.9 Å². The monoisotopic (exact) mass is 451 g/mol. The number of hydrogen-bond donors (Lipinski definition) is 1. The van der Waals surface area contributed by atoms with E-state index in [0.29, 0.717) is 30.3 Å². The molecule has 7 nitrogen and oxygen atoms in total. The van der Waals surface area contributed by atoms with Crippen LogP contribution in [0.4, 0.5) is 17.5 Å². The molecule has 0 fully saturated rings. The van der Waals surface area contributed by atoms with Crippen LogP contribution in [0.25, 0.3) is 0 Å². The number of rotatable bonds is 8. The van der Waals surface area contributed by atoms with Gasteiger partial charge in [-0.3, -0.25) is 14.5 Å². The van der Waals surface area contributed by atoms with E-state index in [1.807, 2.05) is 6.92 Å². The highest BCUT2D eigenvalue weighted by Crippen LogP contribution is 2.41. The first kappa shape index (κ1) is 24.7. The number of carbonyl (C=O) groups is 2. The number of fused-ring (bicyclic) bond motifs is 1. The second-order valence-corrected chi connectivity index (χ2v) is 8.87. The van der Waals surface area contributed by atoms with Crippen molar-refractivity contribution in [2.75, 3.05) is 16.3 Å². The lowest BCUT2D eigenvalue weighted by atomic mass is 10.0. The molecular weight excluding hydrogens is 414 g/mol. The van der Waals surface area contributed by atoms with Gasteiger partial charge in [-0.2, -0.15) is 4.98 Å². The number of carbonyl (C=O) groups excluding carboxylic acids is 2. The molecule has 3 rings (SSSR count). The molecule has 0 radical (unpaired) electrons. The van der Waals surface area contributed by atoms with Crippen LogP contribution >= 0.6 is 0 Å². The normalized spacial score (nSPS) is 15.2. The lowest BCUT2D eigenvalue weighted by Crippen LogP contribution is -2.42. The molecule has 2 aromatic rings. The van der Waals surface area contributed by atoms with Gasteiger partial charge in [0, 0.05) is 30.3 Å². The summed E-state index contributed by atoms with van der Waals surface area (Å²) in [6.07, 6.45) is 1.93. The number of nitrogens with one attached hydrogen (secondary N) is 1. The van der Waals surface area contributed by atoms with Gasteiger partial charge in [-0.25, -0.2) is 4.98 Å². The molecule has 0 aliphatic carbocycles. The van der Waals surface area contributed by atoms with Crippen LogP contribution in [0.15, 0.2) is 12.1 Å². The fourth-order valence-electron chi connectivity index (χ4n) is 4.96. The van der Waals surface area contributed by atoms with Crippen LogP contribution in [0.2, 0.25) is 0 Å². The average molecular weight is 452 g/mol. The minimum Gasteiger partial charge on any atom is -0.340 e. The molecule has 0 spiro atoms. The first-order chi connectivity index (χ1) is 15.7. The molecule has 178 valence electrons. The number of amides is 2. The van der Waals surface area contributed by atoms with Crippen molar-refractivity contribution in [3.05, 3.63) is 40.1 Å². The zero-order chi connectivity index (χ0) is 24.4. The predicted molar refractivity (Wildman–Crippen MR) is 133 cm³/mol. The summed E-state index contributed by atoms with van der Waals surface area (Å²) in [5.41, 5.74) is 6.08. The van der Waals surface area contributed by atoms with Gasteiger partial charge in [0.05, 0.1) is 5.69 Å². The van der Waals surface area contributed by atoms with Crippen molar-refractivity contribution in [2.45, 2.75) is 86.7 Å². The number of aryl methyl sites for hydroxylation is 4. The van der Waals surface area contributed by atoms with Crippen LogP contribution in [0.1, 0.15) is 80.9 Å². The Morgan fingerprint density at radius 3 is 2.18 bits per heavy atom. The standard InChI is InChI=1S/C26H37N5O2/c1-9-19(10-2)31-24-21(22(25(31)33)28-20(32)11-3)18(8)27-26(29-24)30(12-4)23-16(6)13-15(5)14-17(23)7/h13-14,19,22H,9-12H2,1-8H3,(H,28,32)/t22-/m1/s1. The van der Waals surface area contributed by atoms with Crippen molar-refractivity contribution in [1.82, 2.24) is 15.3 Å². The third-order valence-electron chi connectivity index (χ3n) is 6.50. The van der Waals surface area contributed by atoms with E-state index in [9.17, 15) is 9.59 Å². The summed E-state index contributed by atoms with van der Waals surface area (Å²) in [5, 5.41) is 2.90. The number of aromatic nitrogens is 2. The van der Waals surface area contributed by atoms with Gasteiger partial charge in [0.25, 0.3) is 5.91 Å². The fourth-order valence-corrected chi connectivity index (χ4v) is 4.96. The first-order valence-corrected chi connectivity index (χ1v) is 12.0. The van der Waals surface area contributed by atoms with Gasteiger partial charge in [-0.05, 0) is 58.6 Å². The molecule has 0 bridgehead atoms. The predicted octanol–water partition coefficient (Wildman–Crippen LogP) is 4.97. The topological polar surface area (TPSA) is 78.4 Å². The Morgan fingerprint density at radius 2 is 1.67 bits per heavy atom. The molecule has 1 N–H and O–H groups in total. The smallest absolute Gasteiger partial charge is 0.255 e. The van der Waals surface area contributed by atoms with Gasteiger partial charge < -0.3 is 10.2 Å². The second-order valence-electron chi connectivity index (χ2n) is 8.87. The summed E-state index contributed by atoms with van der Waals surface area (Å²) >= 11 is 0. The van der Waals surface area contributed by atoms with Gasteiger partial charge >= 0.3 is 0 Å². The molecule has 0 saturated carbocycles. The molecule has 1 aromatic carbocycles. The Kier molecular flexibility index (Phi) is 7.40. The van der Waals surface area contributed by atoms with E-state index in [-0.39, 0.29) is 17.9 Å². The second kappa shape index (κ2) is 9.89. The highest BCUT2D eigenvalue weighted by Gasteiger charge is 2.44. The van der Waals surface area contributed by atoms with Gasteiger partial charge in [0.2, 0.25) is 11.9 Å². The van der Waals surface area contributed by atoms with Crippen molar-refractivity contribution in [2.24, 2.45) is 0 Å². The van der Waals surface area contributed by atoms with Crippen LogP contribution in [0.3, 0.4) is 0 Å². The molecule has 0 unspecified atom stereocenters. The summed E-state index contributed by atoms with van der Waals surface area (Å²) in [6, 6.07) is 3.61. The Morgan fingerprint density at radius 1 is 1.06 bits per heavy atom. The van der Waals surface area contributed by atoms with E-state index in [0.717, 1.165) is 35.3 Å². The minimum absolute atomic E-state index is 0.0138. The summed E-state index contributed by atoms with van der Waals surface area (Å²) < 4.78 is 0. The Labute approximate surface area is 197 Å². The molecule has 2 heterocycles. The molecule has 2 amide bonds. The average Bonchev–Trinajstić information content (AvgIpc) is 3.03. The number of benzene rings is 1. The van der Waals surface area contributed by atoms with Crippen LogP contribution in [0.5, 0.6) is 0 Å².